The number of carbonyl (C=O) groups is 1. The van der Waals surface area contributed by atoms with Gasteiger partial charge in [-0.1, -0.05) is 13.8 Å². The molecule has 0 aromatic rings. The lowest BCUT2D eigenvalue weighted by Crippen LogP contribution is -2.11. The Bertz CT molecular complexity index is 90.9. The molecule has 0 aliphatic carbocycles. The van der Waals surface area contributed by atoms with Crippen LogP contribution in [0.4, 0.5) is 0 Å². The van der Waals surface area contributed by atoms with Crippen LogP contribution in [-0.2, 0) is 4.79 Å². The van der Waals surface area contributed by atoms with E-state index in [0.29, 0.717) is 18.0 Å². The third kappa shape index (κ3) is 3.57. The summed E-state index contributed by atoms with van der Waals surface area (Å²) in [6.07, 6.45) is 1.67. The van der Waals surface area contributed by atoms with E-state index in [0.717, 1.165) is 6.42 Å². The Kier molecular flexibility index (Phi) is 4.87. The fourth-order valence-corrected chi connectivity index (χ4v) is 0.798. The zero-order chi connectivity index (χ0) is 7.28. The van der Waals surface area contributed by atoms with Crippen LogP contribution in [0, 0.1) is 5.92 Å². The molecule has 0 aromatic carbocycles. The average molecular weight is 146 g/mol. The van der Waals surface area contributed by atoms with Crippen LogP contribution in [0.5, 0.6) is 0 Å². The van der Waals surface area contributed by atoms with Gasteiger partial charge in [-0.15, -0.1) is 0 Å². The molecule has 54 valence electrons. The minimum absolute atomic E-state index is 0.147. The average Bonchev–Trinajstić information content (AvgIpc) is 1.87. The SMILES string of the molecule is CCCC(=O)C(C)CS. The highest BCUT2D eigenvalue weighted by molar-refractivity contribution is 7.80. The number of Topliss-reactive ketones (excluding diaryl/α,β-unsaturated/α-hetero) is 1. The standard InChI is InChI=1S/C7H14OS/c1-3-4-7(8)6(2)5-9/h6,9H,3-5H2,1-2H3. The quantitative estimate of drug-likeness (QED) is 0.600. The smallest absolute Gasteiger partial charge is 0.136 e. The van der Waals surface area contributed by atoms with E-state index in [-0.39, 0.29) is 5.92 Å². The normalized spacial score (nSPS) is 13.2. The summed E-state index contributed by atoms with van der Waals surface area (Å²) in [4.78, 5) is 10.9. The maximum Gasteiger partial charge on any atom is 0.136 e. The van der Waals surface area contributed by atoms with Gasteiger partial charge in [-0.3, -0.25) is 4.79 Å². The molecule has 1 nitrogen and oxygen atoms in total. The topological polar surface area (TPSA) is 17.1 Å². The molecule has 0 heterocycles. The Balaban J connectivity index is 3.46. The maximum atomic E-state index is 10.9. The molecule has 2 heteroatoms. The number of carbonyl (C=O) groups excluding carboxylic acids is 1. The maximum absolute atomic E-state index is 10.9. The van der Waals surface area contributed by atoms with E-state index in [1.165, 1.54) is 0 Å². The highest BCUT2D eigenvalue weighted by Crippen LogP contribution is 2.03. The minimum Gasteiger partial charge on any atom is -0.299 e. The summed E-state index contributed by atoms with van der Waals surface area (Å²) in [5, 5.41) is 0. The second-order valence-corrected chi connectivity index (χ2v) is 2.67. The van der Waals surface area contributed by atoms with Gasteiger partial charge in [0.05, 0.1) is 0 Å². The van der Waals surface area contributed by atoms with Crippen LogP contribution in [0.3, 0.4) is 0 Å². The predicted molar refractivity (Wildman–Crippen MR) is 42.9 cm³/mol. The molecule has 0 bridgehead atoms. The van der Waals surface area contributed by atoms with Crippen molar-refractivity contribution in [3.63, 3.8) is 0 Å². The van der Waals surface area contributed by atoms with Crippen molar-refractivity contribution in [2.75, 3.05) is 5.75 Å². The molecular formula is C7H14OS. The minimum atomic E-state index is 0.147. The molecule has 0 N–H and O–H groups in total. The Labute approximate surface area is 62.2 Å². The summed E-state index contributed by atoms with van der Waals surface area (Å²) in [6.45, 7) is 3.94. The molecular weight excluding hydrogens is 132 g/mol. The van der Waals surface area contributed by atoms with Crippen LogP contribution in [-0.4, -0.2) is 11.5 Å². The third-order valence-electron chi connectivity index (χ3n) is 1.32. The second-order valence-electron chi connectivity index (χ2n) is 2.30. The Morgan fingerprint density at radius 1 is 1.67 bits per heavy atom. The fraction of sp³-hybridized carbons (Fsp3) is 0.857. The molecule has 1 atom stereocenters. The van der Waals surface area contributed by atoms with E-state index in [4.69, 9.17) is 0 Å². The molecule has 9 heavy (non-hydrogen) atoms. The first-order valence-electron chi connectivity index (χ1n) is 3.36. The first-order chi connectivity index (χ1) is 4.22. The van der Waals surface area contributed by atoms with Gasteiger partial charge in [-0.05, 0) is 12.2 Å². The lowest BCUT2D eigenvalue weighted by molar-refractivity contribution is -0.121. The van der Waals surface area contributed by atoms with Crippen LogP contribution in [0.25, 0.3) is 0 Å². The van der Waals surface area contributed by atoms with E-state index in [2.05, 4.69) is 12.6 Å². The highest BCUT2D eigenvalue weighted by Gasteiger charge is 2.08. The van der Waals surface area contributed by atoms with Gasteiger partial charge >= 0.3 is 0 Å². The molecule has 0 amide bonds. The van der Waals surface area contributed by atoms with Crippen molar-refractivity contribution in [1.29, 1.82) is 0 Å². The first kappa shape index (κ1) is 9.02. The van der Waals surface area contributed by atoms with Gasteiger partial charge in [0.2, 0.25) is 0 Å². The molecule has 0 fully saturated rings. The van der Waals surface area contributed by atoms with Gasteiger partial charge in [-0.25, -0.2) is 0 Å². The highest BCUT2D eigenvalue weighted by atomic mass is 32.1. The summed E-state index contributed by atoms with van der Waals surface area (Å²) < 4.78 is 0. The monoisotopic (exact) mass is 146 g/mol. The number of hydrogen-bond donors (Lipinski definition) is 1. The molecule has 0 aliphatic heterocycles. The van der Waals surface area contributed by atoms with Crippen molar-refractivity contribution in [2.45, 2.75) is 26.7 Å². The van der Waals surface area contributed by atoms with Crippen molar-refractivity contribution in [3.8, 4) is 0 Å². The van der Waals surface area contributed by atoms with Crippen molar-refractivity contribution in [3.05, 3.63) is 0 Å². The molecule has 0 aliphatic rings. The van der Waals surface area contributed by atoms with Gasteiger partial charge in [0.25, 0.3) is 0 Å². The van der Waals surface area contributed by atoms with Crippen molar-refractivity contribution < 1.29 is 4.79 Å². The third-order valence-corrected chi connectivity index (χ3v) is 1.87. The summed E-state index contributed by atoms with van der Waals surface area (Å²) in [6, 6.07) is 0. The molecule has 0 saturated carbocycles. The largest absolute Gasteiger partial charge is 0.299 e. The lowest BCUT2D eigenvalue weighted by Gasteiger charge is -2.03. The first-order valence-corrected chi connectivity index (χ1v) is 3.99. The summed E-state index contributed by atoms with van der Waals surface area (Å²) in [5.74, 6) is 1.17. The van der Waals surface area contributed by atoms with Crippen LogP contribution >= 0.6 is 12.6 Å². The summed E-state index contributed by atoms with van der Waals surface area (Å²) >= 11 is 4.03. The molecule has 0 spiro atoms. The fourth-order valence-electron chi connectivity index (χ4n) is 0.595. The van der Waals surface area contributed by atoms with Crippen molar-refractivity contribution >= 4 is 18.4 Å². The molecule has 0 aromatic heterocycles. The summed E-state index contributed by atoms with van der Waals surface area (Å²) in [7, 11) is 0. The van der Waals surface area contributed by atoms with Gasteiger partial charge < -0.3 is 0 Å². The molecule has 0 saturated heterocycles. The number of ketones is 1. The molecule has 0 rings (SSSR count). The van der Waals surface area contributed by atoms with Crippen LogP contribution in [0.1, 0.15) is 26.7 Å². The van der Waals surface area contributed by atoms with Gasteiger partial charge in [0.15, 0.2) is 0 Å². The Hall–Kier alpha value is 0.0200. The van der Waals surface area contributed by atoms with Gasteiger partial charge in [0, 0.05) is 12.3 Å². The predicted octanol–water partition coefficient (Wildman–Crippen LogP) is 1.92. The van der Waals surface area contributed by atoms with Crippen molar-refractivity contribution in [2.24, 2.45) is 5.92 Å². The Morgan fingerprint density at radius 2 is 2.22 bits per heavy atom. The van der Waals surface area contributed by atoms with Crippen LogP contribution in [0.15, 0.2) is 0 Å². The van der Waals surface area contributed by atoms with Gasteiger partial charge in [-0.2, -0.15) is 12.6 Å². The van der Waals surface area contributed by atoms with E-state index < -0.39 is 0 Å². The molecule has 0 radical (unpaired) electrons. The molecule has 1 unspecified atom stereocenters. The summed E-state index contributed by atoms with van der Waals surface area (Å²) in [5.41, 5.74) is 0. The zero-order valence-electron chi connectivity index (χ0n) is 6.05. The van der Waals surface area contributed by atoms with Crippen molar-refractivity contribution in [1.82, 2.24) is 0 Å². The van der Waals surface area contributed by atoms with E-state index in [1.54, 1.807) is 0 Å². The van der Waals surface area contributed by atoms with E-state index in [1.807, 2.05) is 13.8 Å². The number of thiol groups is 1. The zero-order valence-corrected chi connectivity index (χ0v) is 6.95. The van der Waals surface area contributed by atoms with Crippen LogP contribution < -0.4 is 0 Å². The van der Waals surface area contributed by atoms with Gasteiger partial charge in [0.1, 0.15) is 5.78 Å². The number of rotatable bonds is 4. The second kappa shape index (κ2) is 4.86. The lowest BCUT2D eigenvalue weighted by atomic mass is 10.1. The van der Waals surface area contributed by atoms with E-state index >= 15 is 0 Å². The number of hydrogen-bond acceptors (Lipinski definition) is 2. The van der Waals surface area contributed by atoms with Crippen LogP contribution in [0.2, 0.25) is 0 Å². The van der Waals surface area contributed by atoms with E-state index in [9.17, 15) is 4.79 Å². The Morgan fingerprint density at radius 3 is 2.56 bits per heavy atom.